The van der Waals surface area contributed by atoms with Crippen LogP contribution in [0.1, 0.15) is 0 Å². The molecular weight excluding hydrogens is 296 g/mol. The fourth-order valence-electron chi connectivity index (χ4n) is 1.82. The molecule has 0 spiro atoms. The van der Waals surface area contributed by atoms with E-state index in [4.69, 9.17) is 9.47 Å². The smallest absolute Gasteiger partial charge is 0.319 e. The first-order valence-electron chi connectivity index (χ1n) is 6.49. The zero-order valence-electron chi connectivity index (χ0n) is 11.7. The summed E-state index contributed by atoms with van der Waals surface area (Å²) in [6.45, 7) is 1.92. The Kier molecular flexibility index (Phi) is 5.16. The molecule has 8 heteroatoms. The molecule has 0 radical (unpaired) electrons. The maximum Gasteiger partial charge on any atom is 0.319 e. The van der Waals surface area contributed by atoms with Gasteiger partial charge in [-0.15, -0.1) is 0 Å². The van der Waals surface area contributed by atoms with Gasteiger partial charge in [-0.3, -0.25) is 0 Å². The largest absolute Gasteiger partial charge is 0.376 e. The minimum atomic E-state index is -3.23. The SMILES string of the molecule is CS(=O)(=O)c1ccc(NC(=O)NC[C@@H]2COCCO2)cc1. The van der Waals surface area contributed by atoms with E-state index >= 15 is 0 Å². The van der Waals surface area contributed by atoms with Crippen LogP contribution in [0.15, 0.2) is 29.2 Å². The zero-order chi connectivity index (χ0) is 15.3. The van der Waals surface area contributed by atoms with Crippen LogP contribution in [0.2, 0.25) is 0 Å². The maximum absolute atomic E-state index is 11.7. The van der Waals surface area contributed by atoms with E-state index in [0.717, 1.165) is 6.26 Å². The van der Waals surface area contributed by atoms with Crippen molar-refractivity contribution in [1.29, 1.82) is 0 Å². The number of carbonyl (C=O) groups is 1. The lowest BCUT2D eigenvalue weighted by Crippen LogP contribution is -2.41. The molecular formula is C13H18N2O5S. The fraction of sp³-hybridized carbons (Fsp3) is 0.462. The van der Waals surface area contributed by atoms with Crippen molar-refractivity contribution in [3.05, 3.63) is 24.3 Å². The quantitative estimate of drug-likeness (QED) is 0.850. The lowest BCUT2D eigenvalue weighted by molar-refractivity contribution is -0.0852. The van der Waals surface area contributed by atoms with Crippen LogP contribution in [0, 0.1) is 0 Å². The van der Waals surface area contributed by atoms with Crippen LogP contribution >= 0.6 is 0 Å². The zero-order valence-corrected chi connectivity index (χ0v) is 12.5. The standard InChI is InChI=1S/C13H18N2O5S/c1-21(17,18)12-4-2-10(3-5-12)15-13(16)14-8-11-9-19-6-7-20-11/h2-5,11H,6-9H2,1H3,(H2,14,15,16)/t11-/m1/s1. The Morgan fingerprint density at radius 1 is 1.29 bits per heavy atom. The van der Waals surface area contributed by atoms with Gasteiger partial charge in [0.25, 0.3) is 0 Å². The van der Waals surface area contributed by atoms with Crippen molar-refractivity contribution in [2.75, 3.05) is 37.9 Å². The van der Waals surface area contributed by atoms with Gasteiger partial charge in [-0.2, -0.15) is 0 Å². The third kappa shape index (κ3) is 5.00. The van der Waals surface area contributed by atoms with E-state index < -0.39 is 9.84 Å². The summed E-state index contributed by atoms with van der Waals surface area (Å²) in [6, 6.07) is 5.59. The first-order chi connectivity index (χ1) is 9.95. The first kappa shape index (κ1) is 15.7. The van der Waals surface area contributed by atoms with E-state index in [0.29, 0.717) is 32.1 Å². The number of benzene rings is 1. The van der Waals surface area contributed by atoms with E-state index in [1.165, 1.54) is 24.3 Å². The van der Waals surface area contributed by atoms with Gasteiger partial charge in [0.1, 0.15) is 0 Å². The van der Waals surface area contributed by atoms with Crippen LogP contribution in [0.5, 0.6) is 0 Å². The van der Waals surface area contributed by atoms with Gasteiger partial charge in [0.05, 0.1) is 30.8 Å². The molecule has 1 aliphatic heterocycles. The van der Waals surface area contributed by atoms with Crippen molar-refractivity contribution in [2.24, 2.45) is 0 Å². The van der Waals surface area contributed by atoms with Crippen molar-refractivity contribution in [3.8, 4) is 0 Å². The number of ether oxygens (including phenoxy) is 2. The highest BCUT2D eigenvalue weighted by Gasteiger charge is 2.15. The highest BCUT2D eigenvalue weighted by atomic mass is 32.2. The van der Waals surface area contributed by atoms with Crippen molar-refractivity contribution < 1.29 is 22.7 Å². The summed E-state index contributed by atoms with van der Waals surface area (Å²) in [5.41, 5.74) is 0.515. The van der Waals surface area contributed by atoms with Crippen molar-refractivity contribution in [2.45, 2.75) is 11.0 Å². The molecule has 2 rings (SSSR count). The monoisotopic (exact) mass is 314 g/mol. The van der Waals surface area contributed by atoms with Gasteiger partial charge in [-0.05, 0) is 24.3 Å². The third-order valence-corrected chi connectivity index (χ3v) is 4.04. The van der Waals surface area contributed by atoms with Crippen LogP contribution in [-0.4, -0.2) is 53.2 Å². The number of hydrogen-bond donors (Lipinski definition) is 2. The van der Waals surface area contributed by atoms with E-state index in [9.17, 15) is 13.2 Å². The fourth-order valence-corrected chi connectivity index (χ4v) is 2.45. The molecule has 1 aliphatic rings. The summed E-state index contributed by atoms with van der Waals surface area (Å²) in [6.07, 6.45) is 0.992. The Hall–Kier alpha value is -1.64. The molecule has 0 aromatic heterocycles. The highest BCUT2D eigenvalue weighted by molar-refractivity contribution is 7.90. The Morgan fingerprint density at radius 3 is 2.57 bits per heavy atom. The lowest BCUT2D eigenvalue weighted by Gasteiger charge is -2.23. The molecule has 2 amide bonds. The van der Waals surface area contributed by atoms with Gasteiger partial charge in [0, 0.05) is 18.5 Å². The Morgan fingerprint density at radius 2 is 2.00 bits per heavy atom. The predicted molar refractivity (Wildman–Crippen MR) is 77.1 cm³/mol. The van der Waals surface area contributed by atoms with Gasteiger partial charge >= 0.3 is 6.03 Å². The minimum Gasteiger partial charge on any atom is -0.376 e. The van der Waals surface area contributed by atoms with Crippen molar-refractivity contribution >= 4 is 21.6 Å². The minimum absolute atomic E-state index is 0.142. The molecule has 1 saturated heterocycles. The summed E-state index contributed by atoms with van der Waals surface area (Å²) < 4.78 is 33.3. The number of sulfone groups is 1. The molecule has 1 aromatic rings. The van der Waals surface area contributed by atoms with Crippen molar-refractivity contribution in [3.63, 3.8) is 0 Å². The topological polar surface area (TPSA) is 93.7 Å². The van der Waals surface area contributed by atoms with Crippen LogP contribution < -0.4 is 10.6 Å². The number of urea groups is 1. The molecule has 1 fully saturated rings. The number of rotatable bonds is 4. The Labute approximate surface area is 123 Å². The van der Waals surface area contributed by atoms with Gasteiger partial charge in [-0.1, -0.05) is 0 Å². The van der Waals surface area contributed by atoms with E-state index in [-0.39, 0.29) is 17.0 Å². The highest BCUT2D eigenvalue weighted by Crippen LogP contribution is 2.13. The molecule has 21 heavy (non-hydrogen) atoms. The summed E-state index contributed by atoms with van der Waals surface area (Å²) in [5.74, 6) is 0. The van der Waals surface area contributed by atoms with Crippen LogP contribution in [0.4, 0.5) is 10.5 Å². The molecule has 1 heterocycles. The van der Waals surface area contributed by atoms with Crippen LogP contribution in [0.25, 0.3) is 0 Å². The summed E-state index contributed by atoms with van der Waals surface area (Å²) in [7, 11) is -3.23. The van der Waals surface area contributed by atoms with E-state index in [2.05, 4.69) is 10.6 Å². The van der Waals surface area contributed by atoms with E-state index in [1.807, 2.05) is 0 Å². The summed E-state index contributed by atoms with van der Waals surface area (Å²) in [5, 5.41) is 5.29. The number of carbonyl (C=O) groups excluding carboxylic acids is 1. The van der Waals surface area contributed by atoms with Gasteiger partial charge in [-0.25, -0.2) is 13.2 Å². The molecule has 0 saturated carbocycles. The number of hydrogen-bond acceptors (Lipinski definition) is 5. The number of nitrogens with one attached hydrogen (secondary N) is 2. The van der Waals surface area contributed by atoms with Crippen LogP contribution in [0.3, 0.4) is 0 Å². The molecule has 0 unspecified atom stereocenters. The van der Waals surface area contributed by atoms with Gasteiger partial charge in [0.15, 0.2) is 9.84 Å². The average Bonchev–Trinajstić information content (AvgIpc) is 2.46. The second kappa shape index (κ2) is 6.88. The van der Waals surface area contributed by atoms with E-state index in [1.54, 1.807) is 0 Å². The Balaban J connectivity index is 1.82. The average molecular weight is 314 g/mol. The molecule has 0 bridgehead atoms. The Bertz CT molecular complexity index is 579. The summed E-state index contributed by atoms with van der Waals surface area (Å²) in [4.78, 5) is 11.9. The predicted octanol–water partition coefficient (Wildman–Crippen LogP) is 0.627. The molecule has 7 nitrogen and oxygen atoms in total. The lowest BCUT2D eigenvalue weighted by atomic mass is 10.3. The maximum atomic E-state index is 11.7. The molecule has 116 valence electrons. The van der Waals surface area contributed by atoms with Gasteiger partial charge in [0.2, 0.25) is 0 Å². The second-order valence-electron chi connectivity index (χ2n) is 4.70. The summed E-state index contributed by atoms with van der Waals surface area (Å²) >= 11 is 0. The normalized spacial score (nSPS) is 19.0. The third-order valence-electron chi connectivity index (χ3n) is 2.92. The number of anilines is 1. The second-order valence-corrected chi connectivity index (χ2v) is 6.72. The van der Waals surface area contributed by atoms with Gasteiger partial charge < -0.3 is 20.1 Å². The first-order valence-corrected chi connectivity index (χ1v) is 8.38. The number of amides is 2. The molecule has 1 aromatic carbocycles. The van der Waals surface area contributed by atoms with Crippen LogP contribution in [-0.2, 0) is 19.3 Å². The molecule has 2 N–H and O–H groups in total. The molecule has 1 atom stereocenters. The molecule has 0 aliphatic carbocycles. The van der Waals surface area contributed by atoms with Crippen molar-refractivity contribution in [1.82, 2.24) is 5.32 Å².